The van der Waals surface area contributed by atoms with Crippen molar-refractivity contribution < 1.29 is 28.7 Å². The SMILES string of the molecule is CCOC(=O)C1(C#N)C(C(=O)OC)=CC(=O)N1C(C)=O. The molecular weight excluding hydrogens is 268 g/mol. The largest absolute Gasteiger partial charge is 0.466 e. The molecule has 0 aromatic heterocycles. The zero-order chi connectivity index (χ0) is 15.5. The molecule has 0 aromatic rings. The first-order valence-corrected chi connectivity index (χ1v) is 5.60. The molecule has 0 saturated carbocycles. The van der Waals surface area contributed by atoms with Gasteiger partial charge in [-0.1, -0.05) is 0 Å². The first-order valence-electron chi connectivity index (χ1n) is 5.60. The van der Waals surface area contributed by atoms with E-state index in [1.165, 1.54) is 13.0 Å². The van der Waals surface area contributed by atoms with Gasteiger partial charge >= 0.3 is 11.9 Å². The minimum Gasteiger partial charge on any atom is -0.466 e. The number of ether oxygens (including phenoxy) is 2. The van der Waals surface area contributed by atoms with Crippen LogP contribution < -0.4 is 0 Å². The summed E-state index contributed by atoms with van der Waals surface area (Å²) in [6.07, 6.45) is 0.730. The van der Waals surface area contributed by atoms with Crippen LogP contribution in [0.4, 0.5) is 0 Å². The first kappa shape index (κ1) is 15.4. The predicted octanol–water partition coefficient (Wildman–Crippen LogP) is -0.700. The summed E-state index contributed by atoms with van der Waals surface area (Å²) in [6.45, 7) is 2.40. The van der Waals surface area contributed by atoms with Crippen LogP contribution >= 0.6 is 0 Å². The van der Waals surface area contributed by atoms with Crippen LogP contribution in [0.3, 0.4) is 0 Å². The van der Waals surface area contributed by atoms with E-state index in [9.17, 15) is 24.4 Å². The van der Waals surface area contributed by atoms with Crippen LogP contribution in [-0.4, -0.2) is 47.9 Å². The van der Waals surface area contributed by atoms with Gasteiger partial charge in [-0.15, -0.1) is 0 Å². The summed E-state index contributed by atoms with van der Waals surface area (Å²) in [4.78, 5) is 47.5. The molecule has 1 atom stereocenters. The van der Waals surface area contributed by atoms with Gasteiger partial charge in [0.1, 0.15) is 6.07 Å². The van der Waals surface area contributed by atoms with Crippen LogP contribution in [0.1, 0.15) is 13.8 Å². The maximum absolute atomic E-state index is 12.1. The maximum Gasteiger partial charge on any atom is 0.352 e. The topological polar surface area (TPSA) is 114 Å². The Morgan fingerprint density at radius 3 is 2.45 bits per heavy atom. The molecule has 0 radical (unpaired) electrons. The van der Waals surface area contributed by atoms with Crippen molar-refractivity contribution in [2.24, 2.45) is 0 Å². The Labute approximate surface area is 114 Å². The van der Waals surface area contributed by atoms with Gasteiger partial charge < -0.3 is 9.47 Å². The lowest BCUT2D eigenvalue weighted by molar-refractivity contribution is -0.161. The van der Waals surface area contributed by atoms with Gasteiger partial charge in [0.2, 0.25) is 5.91 Å². The Morgan fingerprint density at radius 2 is 2.05 bits per heavy atom. The van der Waals surface area contributed by atoms with Gasteiger partial charge in [-0.2, -0.15) is 5.26 Å². The zero-order valence-corrected chi connectivity index (χ0v) is 11.1. The number of esters is 2. The molecule has 1 rings (SSSR count). The minimum absolute atomic E-state index is 0.0867. The van der Waals surface area contributed by atoms with Crippen LogP contribution in [0.2, 0.25) is 0 Å². The second-order valence-electron chi connectivity index (χ2n) is 3.78. The Morgan fingerprint density at radius 1 is 1.45 bits per heavy atom. The molecule has 1 aliphatic heterocycles. The monoisotopic (exact) mass is 280 g/mol. The van der Waals surface area contributed by atoms with E-state index >= 15 is 0 Å². The third-order valence-corrected chi connectivity index (χ3v) is 2.67. The Balaban J connectivity index is 3.52. The maximum atomic E-state index is 12.1. The Kier molecular flexibility index (Phi) is 4.24. The number of carbonyl (C=O) groups excluding carboxylic acids is 4. The summed E-state index contributed by atoms with van der Waals surface area (Å²) < 4.78 is 9.16. The summed E-state index contributed by atoms with van der Waals surface area (Å²) in [5.74, 6) is -4.05. The molecule has 8 nitrogen and oxygen atoms in total. The predicted molar refractivity (Wildman–Crippen MR) is 62.6 cm³/mol. The minimum atomic E-state index is -2.44. The van der Waals surface area contributed by atoms with E-state index in [1.807, 2.05) is 0 Å². The second-order valence-corrected chi connectivity index (χ2v) is 3.78. The quantitative estimate of drug-likeness (QED) is 0.628. The molecule has 106 valence electrons. The third kappa shape index (κ3) is 2.03. The van der Waals surface area contributed by atoms with Gasteiger partial charge in [0, 0.05) is 13.0 Å². The van der Waals surface area contributed by atoms with Crippen molar-refractivity contribution in [2.75, 3.05) is 13.7 Å². The molecule has 0 N–H and O–H groups in total. The van der Waals surface area contributed by atoms with E-state index in [0.29, 0.717) is 4.90 Å². The highest BCUT2D eigenvalue weighted by atomic mass is 16.5. The van der Waals surface area contributed by atoms with Crippen LogP contribution in [-0.2, 0) is 28.7 Å². The van der Waals surface area contributed by atoms with E-state index in [2.05, 4.69) is 4.74 Å². The molecule has 1 aliphatic rings. The molecule has 8 heteroatoms. The smallest absolute Gasteiger partial charge is 0.352 e. The van der Waals surface area contributed by atoms with Crippen molar-refractivity contribution in [2.45, 2.75) is 19.4 Å². The molecule has 20 heavy (non-hydrogen) atoms. The summed E-state index contributed by atoms with van der Waals surface area (Å²) in [6, 6.07) is 1.53. The van der Waals surface area contributed by atoms with Gasteiger partial charge in [-0.3, -0.25) is 9.59 Å². The number of amides is 2. The van der Waals surface area contributed by atoms with Crippen LogP contribution in [0.5, 0.6) is 0 Å². The van der Waals surface area contributed by atoms with Crippen LogP contribution in [0.25, 0.3) is 0 Å². The van der Waals surface area contributed by atoms with Crippen molar-refractivity contribution in [1.82, 2.24) is 4.90 Å². The molecule has 0 aromatic carbocycles. The van der Waals surface area contributed by atoms with Crippen molar-refractivity contribution in [3.8, 4) is 6.07 Å². The molecule has 0 saturated heterocycles. The lowest BCUT2D eigenvalue weighted by atomic mass is 9.92. The molecule has 1 heterocycles. The number of hydrogen-bond acceptors (Lipinski definition) is 7. The van der Waals surface area contributed by atoms with E-state index in [1.54, 1.807) is 0 Å². The normalized spacial score (nSPS) is 21.0. The van der Waals surface area contributed by atoms with Gasteiger partial charge in [0.25, 0.3) is 11.4 Å². The molecule has 2 amide bonds. The molecule has 0 aliphatic carbocycles. The van der Waals surface area contributed by atoms with E-state index < -0.39 is 34.9 Å². The average molecular weight is 280 g/mol. The number of methoxy groups -OCH3 is 1. The van der Waals surface area contributed by atoms with E-state index in [4.69, 9.17) is 4.74 Å². The van der Waals surface area contributed by atoms with Gasteiger partial charge in [-0.05, 0) is 6.92 Å². The first-order chi connectivity index (χ1) is 9.36. The van der Waals surface area contributed by atoms with Crippen molar-refractivity contribution >= 4 is 23.8 Å². The number of nitrogens with zero attached hydrogens (tertiary/aromatic N) is 2. The fourth-order valence-corrected chi connectivity index (χ4v) is 1.88. The standard InChI is InChI=1S/C12H12N2O6/c1-4-20-11(18)12(6-13)8(10(17)19-3)5-9(16)14(12)7(2)15/h5H,4H2,1-3H3. The molecule has 0 bridgehead atoms. The van der Waals surface area contributed by atoms with Crippen molar-refractivity contribution in [1.29, 1.82) is 5.26 Å². The summed E-state index contributed by atoms with van der Waals surface area (Å²) >= 11 is 0. The molecule has 0 spiro atoms. The van der Waals surface area contributed by atoms with Crippen molar-refractivity contribution in [3.63, 3.8) is 0 Å². The fraction of sp³-hybridized carbons (Fsp3) is 0.417. The van der Waals surface area contributed by atoms with E-state index in [0.717, 1.165) is 20.1 Å². The lowest BCUT2D eigenvalue weighted by Crippen LogP contribution is -2.57. The molecule has 1 unspecified atom stereocenters. The zero-order valence-electron chi connectivity index (χ0n) is 11.1. The number of nitriles is 1. The molecule has 0 fully saturated rings. The fourth-order valence-electron chi connectivity index (χ4n) is 1.88. The highest BCUT2D eigenvalue weighted by molar-refractivity contribution is 6.19. The lowest BCUT2D eigenvalue weighted by Gasteiger charge is -2.29. The van der Waals surface area contributed by atoms with Crippen molar-refractivity contribution in [3.05, 3.63) is 11.6 Å². The van der Waals surface area contributed by atoms with Gasteiger partial charge in [0.15, 0.2) is 0 Å². The average Bonchev–Trinajstić information content (AvgIpc) is 2.71. The van der Waals surface area contributed by atoms with Gasteiger partial charge in [-0.25, -0.2) is 14.5 Å². The molecular formula is C12H12N2O6. The summed E-state index contributed by atoms with van der Waals surface area (Å²) in [5.41, 5.74) is -2.98. The highest BCUT2D eigenvalue weighted by Crippen LogP contribution is 2.33. The third-order valence-electron chi connectivity index (χ3n) is 2.67. The second kappa shape index (κ2) is 5.52. The number of rotatable bonds is 3. The van der Waals surface area contributed by atoms with Crippen LogP contribution in [0, 0.1) is 11.3 Å². The Hall–Kier alpha value is -2.69. The summed E-state index contributed by atoms with van der Waals surface area (Å²) in [7, 11) is 1.03. The summed E-state index contributed by atoms with van der Waals surface area (Å²) in [5, 5.41) is 9.32. The van der Waals surface area contributed by atoms with Crippen LogP contribution in [0.15, 0.2) is 11.6 Å². The van der Waals surface area contributed by atoms with Gasteiger partial charge in [0.05, 0.1) is 19.3 Å². The Bertz CT molecular complexity index is 559. The number of carbonyl (C=O) groups is 4. The number of imide groups is 1. The highest BCUT2D eigenvalue weighted by Gasteiger charge is 2.60. The number of hydrogen-bond donors (Lipinski definition) is 0. The van der Waals surface area contributed by atoms with E-state index in [-0.39, 0.29) is 6.61 Å².